The van der Waals surface area contributed by atoms with Crippen LogP contribution >= 0.6 is 0 Å². The molecule has 7 nitrogen and oxygen atoms in total. The van der Waals surface area contributed by atoms with Gasteiger partial charge in [-0.05, 0) is 43.0 Å². The molecule has 1 aliphatic rings. The molecule has 0 saturated carbocycles. The molecule has 0 spiro atoms. The van der Waals surface area contributed by atoms with Crippen LogP contribution in [0, 0.1) is 5.82 Å². The SMILES string of the molecule is O=C(Nc1ccccc1F)c1nc(C(=O)NCc2cccnc2)n2c1CCCC2. The van der Waals surface area contributed by atoms with E-state index in [1.807, 2.05) is 6.07 Å². The molecule has 0 radical (unpaired) electrons. The zero-order chi connectivity index (χ0) is 20.2. The molecule has 0 bridgehead atoms. The van der Waals surface area contributed by atoms with Crippen molar-refractivity contribution in [3.8, 4) is 0 Å². The summed E-state index contributed by atoms with van der Waals surface area (Å²) >= 11 is 0. The number of fused-ring (bicyclic) bond motifs is 1. The van der Waals surface area contributed by atoms with Gasteiger partial charge in [0.05, 0.1) is 11.4 Å². The topological polar surface area (TPSA) is 88.9 Å². The Kier molecular flexibility index (Phi) is 5.33. The summed E-state index contributed by atoms with van der Waals surface area (Å²) < 4.78 is 15.7. The van der Waals surface area contributed by atoms with Crippen LogP contribution in [0.5, 0.6) is 0 Å². The minimum absolute atomic E-state index is 0.0811. The summed E-state index contributed by atoms with van der Waals surface area (Å²) in [5.41, 5.74) is 1.82. The van der Waals surface area contributed by atoms with Crippen molar-refractivity contribution in [1.82, 2.24) is 19.9 Å². The third kappa shape index (κ3) is 4.01. The van der Waals surface area contributed by atoms with E-state index in [0.29, 0.717) is 25.2 Å². The molecule has 1 aliphatic heterocycles. The van der Waals surface area contributed by atoms with Crippen LogP contribution < -0.4 is 10.6 Å². The second kappa shape index (κ2) is 8.22. The Morgan fingerprint density at radius 3 is 2.76 bits per heavy atom. The molecule has 1 aromatic carbocycles. The highest BCUT2D eigenvalue weighted by atomic mass is 19.1. The molecule has 0 saturated heterocycles. The maximum atomic E-state index is 13.9. The zero-order valence-electron chi connectivity index (χ0n) is 15.7. The number of anilines is 1. The Morgan fingerprint density at radius 1 is 1.10 bits per heavy atom. The van der Waals surface area contributed by atoms with Crippen LogP contribution in [0.2, 0.25) is 0 Å². The first kappa shape index (κ1) is 18.8. The van der Waals surface area contributed by atoms with E-state index in [-0.39, 0.29) is 23.1 Å². The number of nitrogens with zero attached hydrogens (tertiary/aromatic N) is 3. The van der Waals surface area contributed by atoms with Gasteiger partial charge in [-0.15, -0.1) is 0 Å². The summed E-state index contributed by atoms with van der Waals surface area (Å²) in [6, 6.07) is 9.60. The van der Waals surface area contributed by atoms with E-state index in [4.69, 9.17) is 0 Å². The molecule has 0 unspecified atom stereocenters. The maximum Gasteiger partial charge on any atom is 0.287 e. The Bertz CT molecular complexity index is 1050. The van der Waals surface area contributed by atoms with E-state index in [2.05, 4.69) is 20.6 Å². The van der Waals surface area contributed by atoms with Crippen molar-refractivity contribution in [3.05, 3.63) is 77.4 Å². The minimum Gasteiger partial charge on any atom is -0.345 e. The first-order valence-corrected chi connectivity index (χ1v) is 9.46. The number of hydrogen-bond donors (Lipinski definition) is 2. The number of hydrogen-bond acceptors (Lipinski definition) is 4. The molecule has 2 aromatic heterocycles. The number of benzene rings is 1. The average molecular weight is 393 g/mol. The fraction of sp³-hybridized carbons (Fsp3) is 0.238. The van der Waals surface area contributed by atoms with E-state index in [1.165, 1.54) is 12.1 Å². The molecule has 0 atom stereocenters. The Labute approximate surface area is 167 Å². The van der Waals surface area contributed by atoms with Crippen molar-refractivity contribution >= 4 is 17.5 Å². The summed E-state index contributed by atoms with van der Waals surface area (Å²) in [4.78, 5) is 33.8. The van der Waals surface area contributed by atoms with Gasteiger partial charge in [0.1, 0.15) is 5.82 Å². The first-order valence-electron chi connectivity index (χ1n) is 9.46. The van der Waals surface area contributed by atoms with E-state index in [0.717, 1.165) is 18.4 Å². The monoisotopic (exact) mass is 393 g/mol. The normalized spacial score (nSPS) is 12.9. The van der Waals surface area contributed by atoms with E-state index in [1.54, 1.807) is 35.2 Å². The number of carbonyl (C=O) groups is 2. The third-order valence-electron chi connectivity index (χ3n) is 4.83. The quantitative estimate of drug-likeness (QED) is 0.698. The number of amides is 2. The molecule has 2 amide bonds. The van der Waals surface area contributed by atoms with Gasteiger partial charge < -0.3 is 15.2 Å². The highest BCUT2D eigenvalue weighted by molar-refractivity contribution is 6.05. The van der Waals surface area contributed by atoms with Crippen molar-refractivity contribution in [3.63, 3.8) is 0 Å². The Hall–Kier alpha value is -3.55. The number of imidazole rings is 1. The smallest absolute Gasteiger partial charge is 0.287 e. The lowest BCUT2D eigenvalue weighted by molar-refractivity contribution is 0.0935. The van der Waals surface area contributed by atoms with Gasteiger partial charge in [0.25, 0.3) is 11.8 Å². The number of carbonyl (C=O) groups excluding carboxylic acids is 2. The van der Waals surface area contributed by atoms with Gasteiger partial charge >= 0.3 is 0 Å². The predicted molar refractivity (Wildman–Crippen MR) is 105 cm³/mol. The van der Waals surface area contributed by atoms with Crippen molar-refractivity contribution in [2.75, 3.05) is 5.32 Å². The second-order valence-electron chi connectivity index (χ2n) is 6.82. The van der Waals surface area contributed by atoms with E-state index in [9.17, 15) is 14.0 Å². The van der Waals surface area contributed by atoms with Gasteiger partial charge in [-0.1, -0.05) is 18.2 Å². The summed E-state index contributed by atoms with van der Waals surface area (Å²) in [5.74, 6) is -1.21. The van der Waals surface area contributed by atoms with E-state index >= 15 is 0 Å². The number of aromatic nitrogens is 3. The minimum atomic E-state index is -0.525. The van der Waals surface area contributed by atoms with Crippen molar-refractivity contribution < 1.29 is 14.0 Å². The molecule has 148 valence electrons. The van der Waals surface area contributed by atoms with Crippen LogP contribution in [-0.4, -0.2) is 26.3 Å². The van der Waals surface area contributed by atoms with Gasteiger partial charge in [0, 0.05) is 25.5 Å². The van der Waals surface area contributed by atoms with Crippen LogP contribution in [0.1, 0.15) is 45.2 Å². The number of rotatable bonds is 5. The molecule has 8 heteroatoms. The van der Waals surface area contributed by atoms with Gasteiger partial charge in [0.2, 0.25) is 0 Å². The number of pyridine rings is 1. The molecule has 0 fully saturated rings. The molecule has 2 N–H and O–H groups in total. The van der Waals surface area contributed by atoms with E-state index < -0.39 is 11.7 Å². The fourth-order valence-electron chi connectivity index (χ4n) is 3.41. The van der Waals surface area contributed by atoms with Gasteiger partial charge in [-0.3, -0.25) is 14.6 Å². The lowest BCUT2D eigenvalue weighted by Gasteiger charge is -2.17. The summed E-state index contributed by atoms with van der Waals surface area (Å²) in [6.07, 6.45) is 5.79. The largest absolute Gasteiger partial charge is 0.345 e. The lowest BCUT2D eigenvalue weighted by Crippen LogP contribution is -2.27. The van der Waals surface area contributed by atoms with Crippen LogP contribution in [0.3, 0.4) is 0 Å². The average Bonchev–Trinajstić information content (AvgIpc) is 3.14. The molecular formula is C21H20FN5O2. The van der Waals surface area contributed by atoms with Crippen LogP contribution in [0.15, 0.2) is 48.8 Å². The molecule has 29 heavy (non-hydrogen) atoms. The molecular weight excluding hydrogens is 373 g/mol. The summed E-state index contributed by atoms with van der Waals surface area (Å²) in [6.45, 7) is 0.927. The Morgan fingerprint density at radius 2 is 1.97 bits per heavy atom. The molecule has 4 rings (SSSR count). The summed E-state index contributed by atoms with van der Waals surface area (Å²) in [7, 11) is 0. The predicted octanol–water partition coefficient (Wildman–Crippen LogP) is 2.94. The van der Waals surface area contributed by atoms with Gasteiger partial charge in [-0.25, -0.2) is 9.37 Å². The van der Waals surface area contributed by atoms with Gasteiger partial charge in [0.15, 0.2) is 11.5 Å². The molecule has 3 heterocycles. The second-order valence-corrected chi connectivity index (χ2v) is 6.82. The molecule has 3 aromatic rings. The standard InChI is InChI=1S/C21H20FN5O2/c22-15-7-1-2-8-16(15)25-20(28)18-17-9-3-4-11-27(17)19(26-18)21(29)24-13-14-6-5-10-23-12-14/h1-2,5-8,10,12H,3-4,9,11,13H2,(H,24,29)(H,25,28). The number of para-hydroxylation sites is 1. The van der Waals surface area contributed by atoms with Crippen molar-refractivity contribution in [2.45, 2.75) is 32.4 Å². The highest BCUT2D eigenvalue weighted by Gasteiger charge is 2.27. The highest BCUT2D eigenvalue weighted by Crippen LogP contribution is 2.23. The van der Waals surface area contributed by atoms with Crippen LogP contribution in [-0.2, 0) is 19.5 Å². The fourth-order valence-corrected chi connectivity index (χ4v) is 3.41. The third-order valence-corrected chi connectivity index (χ3v) is 4.83. The maximum absolute atomic E-state index is 13.9. The lowest BCUT2D eigenvalue weighted by atomic mass is 10.1. The number of nitrogens with one attached hydrogen (secondary N) is 2. The summed E-state index contributed by atoms with van der Waals surface area (Å²) in [5, 5.41) is 5.38. The molecule has 0 aliphatic carbocycles. The number of halogens is 1. The first-order chi connectivity index (χ1) is 14.1. The van der Waals surface area contributed by atoms with Crippen LogP contribution in [0.25, 0.3) is 0 Å². The van der Waals surface area contributed by atoms with Crippen molar-refractivity contribution in [1.29, 1.82) is 0 Å². The van der Waals surface area contributed by atoms with Crippen molar-refractivity contribution in [2.24, 2.45) is 0 Å². The zero-order valence-corrected chi connectivity index (χ0v) is 15.7. The Balaban J connectivity index is 1.57. The van der Waals surface area contributed by atoms with Crippen LogP contribution in [0.4, 0.5) is 10.1 Å². The van der Waals surface area contributed by atoms with Gasteiger partial charge in [-0.2, -0.15) is 0 Å².